The maximum atomic E-state index is 12.0. The van der Waals surface area contributed by atoms with Crippen molar-refractivity contribution in [2.45, 2.75) is 96.0 Å². The molecule has 0 bridgehead atoms. The van der Waals surface area contributed by atoms with Gasteiger partial charge in [-0.15, -0.1) is 0 Å². The normalized spacial score (nSPS) is 34.9. The van der Waals surface area contributed by atoms with Crippen molar-refractivity contribution in [3.05, 3.63) is 0 Å². The second-order valence-corrected chi connectivity index (χ2v) is 8.63. The first-order valence-corrected chi connectivity index (χ1v) is 11.6. The van der Waals surface area contributed by atoms with E-state index in [2.05, 4.69) is 5.32 Å². The first-order chi connectivity index (χ1) is 17.7. The number of amides is 1. The average Bonchev–Trinajstić information content (AvgIpc) is 2.79. The first-order valence-electron chi connectivity index (χ1n) is 11.6. The van der Waals surface area contributed by atoms with Crippen LogP contribution in [-0.2, 0) is 57.1 Å². The Balaban J connectivity index is 2.54. The Kier molecular flexibility index (Phi) is 11.4. The van der Waals surface area contributed by atoms with Crippen molar-refractivity contribution in [2.75, 3.05) is 13.2 Å². The van der Waals surface area contributed by atoms with Gasteiger partial charge in [-0.1, -0.05) is 0 Å². The predicted molar refractivity (Wildman–Crippen MR) is 118 cm³/mol. The zero-order valence-electron chi connectivity index (χ0n) is 21.4. The molecule has 216 valence electrons. The third-order valence-electron chi connectivity index (χ3n) is 5.48. The molecule has 0 aliphatic carbocycles. The SMILES string of the molecule is CC(=O)N[C@H]1[C@@H](O[C@@H]2O[C@@H](COC(C)=O)[C@H](OC(C)=O)[C@H](OC(C)=O)[C@@H]2OC(C)=O)[C@H](O)[C@H](CO)O[C@@H]1O. The van der Waals surface area contributed by atoms with Gasteiger partial charge in [0.05, 0.1) is 6.61 Å². The van der Waals surface area contributed by atoms with Crippen molar-refractivity contribution in [3.63, 3.8) is 0 Å². The van der Waals surface area contributed by atoms with Gasteiger partial charge in [-0.3, -0.25) is 24.0 Å². The number of esters is 4. The van der Waals surface area contributed by atoms with Crippen LogP contribution in [0.4, 0.5) is 0 Å². The van der Waals surface area contributed by atoms with Crippen LogP contribution in [0.5, 0.6) is 0 Å². The van der Waals surface area contributed by atoms with Crippen LogP contribution in [0, 0.1) is 0 Å². The van der Waals surface area contributed by atoms with E-state index in [9.17, 15) is 39.3 Å². The summed E-state index contributed by atoms with van der Waals surface area (Å²) < 4.78 is 37.7. The number of hydrogen-bond donors (Lipinski definition) is 4. The standard InChI is InChI=1S/C22H33NO15/c1-8(25)23-15-18(16(30)13(6-24)36-21(15)31)38-22-20(35-12(5)29)19(34-11(4)28)17(33-10(3)27)14(37-22)7-32-9(2)26/h13-22,24,30-31H,6-7H2,1-5H3,(H,23,25)/t13-,14-,15-,16+,17-,18+,19-,20-,21-,22-/m0/s1. The lowest BCUT2D eigenvalue weighted by molar-refractivity contribution is -0.343. The van der Waals surface area contributed by atoms with Crippen LogP contribution in [0.15, 0.2) is 0 Å². The van der Waals surface area contributed by atoms with Crippen LogP contribution < -0.4 is 5.32 Å². The Labute approximate surface area is 217 Å². The van der Waals surface area contributed by atoms with E-state index < -0.39 is 104 Å². The zero-order chi connectivity index (χ0) is 28.7. The molecule has 2 aliphatic heterocycles. The molecule has 2 rings (SSSR count). The molecule has 2 fully saturated rings. The largest absolute Gasteiger partial charge is 0.463 e. The van der Waals surface area contributed by atoms with E-state index in [1.54, 1.807) is 0 Å². The zero-order valence-corrected chi connectivity index (χ0v) is 21.4. The highest BCUT2D eigenvalue weighted by atomic mass is 16.7. The van der Waals surface area contributed by atoms with Crippen LogP contribution in [0.25, 0.3) is 0 Å². The topological polar surface area (TPSA) is 223 Å². The lowest BCUT2D eigenvalue weighted by atomic mass is 9.95. The highest BCUT2D eigenvalue weighted by molar-refractivity contribution is 5.73. The van der Waals surface area contributed by atoms with E-state index in [0.717, 1.165) is 34.6 Å². The van der Waals surface area contributed by atoms with Crippen molar-refractivity contribution in [3.8, 4) is 0 Å². The van der Waals surface area contributed by atoms with Crippen LogP contribution in [0.2, 0.25) is 0 Å². The molecule has 0 spiro atoms. The molecule has 0 saturated carbocycles. The summed E-state index contributed by atoms with van der Waals surface area (Å²) in [4.78, 5) is 59.0. The minimum absolute atomic E-state index is 0.523. The summed E-state index contributed by atoms with van der Waals surface area (Å²) in [7, 11) is 0. The Bertz CT molecular complexity index is 881. The van der Waals surface area contributed by atoms with E-state index in [4.69, 9.17) is 33.2 Å². The highest BCUT2D eigenvalue weighted by Gasteiger charge is 2.55. The molecule has 2 heterocycles. The van der Waals surface area contributed by atoms with Crippen molar-refractivity contribution < 1.29 is 72.5 Å². The monoisotopic (exact) mass is 551 g/mol. The molecule has 16 heteroatoms. The van der Waals surface area contributed by atoms with E-state index >= 15 is 0 Å². The maximum absolute atomic E-state index is 12.0. The van der Waals surface area contributed by atoms with Gasteiger partial charge in [0.2, 0.25) is 5.91 Å². The summed E-state index contributed by atoms with van der Waals surface area (Å²) in [6, 6.07) is -1.41. The van der Waals surface area contributed by atoms with E-state index in [0.29, 0.717) is 0 Å². The number of hydrogen-bond acceptors (Lipinski definition) is 15. The van der Waals surface area contributed by atoms with Gasteiger partial charge in [-0.2, -0.15) is 0 Å². The van der Waals surface area contributed by atoms with Gasteiger partial charge in [0.1, 0.15) is 37.1 Å². The summed E-state index contributed by atoms with van der Waals surface area (Å²) >= 11 is 0. The second kappa shape index (κ2) is 13.8. The van der Waals surface area contributed by atoms with Gasteiger partial charge < -0.3 is 53.8 Å². The van der Waals surface area contributed by atoms with Crippen molar-refractivity contribution >= 4 is 29.8 Å². The van der Waals surface area contributed by atoms with Crippen LogP contribution in [0.3, 0.4) is 0 Å². The molecule has 0 aromatic heterocycles. The smallest absolute Gasteiger partial charge is 0.303 e. The minimum Gasteiger partial charge on any atom is -0.463 e. The highest BCUT2D eigenvalue weighted by Crippen LogP contribution is 2.33. The molecule has 0 aromatic rings. The third kappa shape index (κ3) is 8.31. The van der Waals surface area contributed by atoms with E-state index in [1.165, 1.54) is 0 Å². The van der Waals surface area contributed by atoms with Crippen LogP contribution in [-0.4, -0.2) is 120 Å². The average molecular weight is 551 g/mol. The predicted octanol–water partition coefficient (Wildman–Crippen LogP) is -2.97. The molecule has 16 nitrogen and oxygen atoms in total. The molecule has 0 aromatic carbocycles. The molecular weight excluding hydrogens is 518 g/mol. The fourth-order valence-corrected chi connectivity index (χ4v) is 4.09. The number of aliphatic hydroxyl groups excluding tert-OH is 3. The summed E-state index contributed by atoms with van der Waals surface area (Å²) in [5.74, 6) is -3.94. The lowest BCUT2D eigenvalue weighted by Gasteiger charge is -2.48. The number of nitrogens with one attached hydrogen (secondary N) is 1. The van der Waals surface area contributed by atoms with Gasteiger partial charge in [-0.25, -0.2) is 0 Å². The third-order valence-corrected chi connectivity index (χ3v) is 5.48. The number of carbonyl (C=O) groups is 5. The first kappa shape index (κ1) is 31.3. The summed E-state index contributed by atoms with van der Waals surface area (Å²) in [5, 5.41) is 33.1. The van der Waals surface area contributed by atoms with Gasteiger partial charge in [0, 0.05) is 34.6 Å². The number of rotatable bonds is 9. The summed E-state index contributed by atoms with van der Waals surface area (Å²) in [6.07, 6.45) is -14.0. The Morgan fingerprint density at radius 1 is 0.737 bits per heavy atom. The Morgan fingerprint density at radius 2 is 1.29 bits per heavy atom. The molecule has 4 N–H and O–H groups in total. The van der Waals surface area contributed by atoms with Gasteiger partial charge in [0.15, 0.2) is 30.9 Å². The number of carbonyl (C=O) groups excluding carboxylic acids is 5. The van der Waals surface area contributed by atoms with Gasteiger partial charge in [-0.05, 0) is 0 Å². The Hall–Kier alpha value is -2.89. The summed E-state index contributed by atoms with van der Waals surface area (Å²) in [5.41, 5.74) is 0. The minimum atomic E-state index is -1.75. The molecule has 38 heavy (non-hydrogen) atoms. The summed E-state index contributed by atoms with van der Waals surface area (Å²) in [6.45, 7) is 4.10. The van der Waals surface area contributed by atoms with E-state index in [1.807, 2.05) is 0 Å². The molecule has 2 aliphatic rings. The quantitative estimate of drug-likeness (QED) is 0.166. The van der Waals surface area contributed by atoms with Crippen molar-refractivity contribution in [1.29, 1.82) is 0 Å². The number of ether oxygens (including phenoxy) is 7. The molecule has 0 unspecified atom stereocenters. The second-order valence-electron chi connectivity index (χ2n) is 8.63. The molecule has 0 radical (unpaired) electrons. The molecule has 10 atom stereocenters. The van der Waals surface area contributed by atoms with Crippen molar-refractivity contribution in [1.82, 2.24) is 5.32 Å². The van der Waals surface area contributed by atoms with Crippen molar-refractivity contribution in [2.24, 2.45) is 0 Å². The van der Waals surface area contributed by atoms with E-state index in [-0.39, 0.29) is 0 Å². The molecule has 1 amide bonds. The fourth-order valence-electron chi connectivity index (χ4n) is 4.09. The van der Waals surface area contributed by atoms with Crippen LogP contribution >= 0.6 is 0 Å². The molecular formula is C22H33NO15. The lowest BCUT2D eigenvalue weighted by Crippen LogP contribution is -2.68. The maximum Gasteiger partial charge on any atom is 0.303 e. The Morgan fingerprint density at radius 3 is 1.79 bits per heavy atom. The van der Waals surface area contributed by atoms with Gasteiger partial charge >= 0.3 is 23.9 Å². The molecule has 2 saturated heterocycles. The number of aliphatic hydroxyl groups is 3. The van der Waals surface area contributed by atoms with Gasteiger partial charge in [0.25, 0.3) is 0 Å². The van der Waals surface area contributed by atoms with Crippen LogP contribution in [0.1, 0.15) is 34.6 Å². The fraction of sp³-hybridized carbons (Fsp3) is 0.773.